The lowest BCUT2D eigenvalue weighted by molar-refractivity contribution is 0.1000. The topological polar surface area (TPSA) is 65.2 Å². The number of nitrogens with zero attached hydrogens (tertiary/aromatic N) is 1. The third-order valence-corrected chi connectivity index (χ3v) is 3.18. The van der Waals surface area contributed by atoms with Gasteiger partial charge in [-0.2, -0.15) is 0 Å². The number of para-hydroxylation sites is 1. The lowest BCUT2D eigenvalue weighted by atomic mass is 10.1. The van der Waals surface area contributed by atoms with Crippen LogP contribution in [0.2, 0.25) is 0 Å². The molecule has 0 saturated heterocycles. The van der Waals surface area contributed by atoms with Gasteiger partial charge < -0.3 is 10.5 Å². The Morgan fingerprint density at radius 1 is 0.864 bits per heavy atom. The van der Waals surface area contributed by atoms with E-state index in [1.165, 1.54) is 6.20 Å². The Balaban J connectivity index is 1.77. The van der Waals surface area contributed by atoms with Gasteiger partial charge in [0.1, 0.15) is 11.5 Å². The number of hydrogen-bond donors (Lipinski definition) is 1. The smallest absolute Gasteiger partial charge is 0.250 e. The van der Waals surface area contributed by atoms with E-state index in [4.69, 9.17) is 10.5 Å². The van der Waals surface area contributed by atoms with Crippen molar-refractivity contribution in [1.82, 2.24) is 4.98 Å². The van der Waals surface area contributed by atoms with Crippen molar-refractivity contribution in [3.8, 4) is 22.8 Å². The van der Waals surface area contributed by atoms with E-state index >= 15 is 0 Å². The summed E-state index contributed by atoms with van der Waals surface area (Å²) >= 11 is 0. The van der Waals surface area contributed by atoms with Crippen molar-refractivity contribution in [2.75, 3.05) is 0 Å². The molecule has 22 heavy (non-hydrogen) atoms. The number of hydrogen-bond acceptors (Lipinski definition) is 3. The van der Waals surface area contributed by atoms with Crippen LogP contribution >= 0.6 is 0 Å². The molecule has 3 rings (SSSR count). The summed E-state index contributed by atoms with van der Waals surface area (Å²) in [6.07, 6.45) is 1.48. The minimum absolute atomic E-state index is 0.396. The maximum absolute atomic E-state index is 11.0. The van der Waals surface area contributed by atoms with Crippen LogP contribution in [0, 0.1) is 0 Å². The molecule has 0 aliphatic carbocycles. The number of rotatable bonds is 4. The molecule has 1 aromatic heterocycles. The highest BCUT2D eigenvalue weighted by molar-refractivity contribution is 5.92. The van der Waals surface area contributed by atoms with Crippen LogP contribution in [0.25, 0.3) is 11.3 Å². The SMILES string of the molecule is NC(=O)c1ccc(-c2ccc(Oc3ccccc3)cc2)nc1. The van der Waals surface area contributed by atoms with Crippen molar-refractivity contribution in [2.24, 2.45) is 5.73 Å². The first-order chi connectivity index (χ1) is 10.7. The molecule has 2 aromatic carbocycles. The number of pyridine rings is 1. The number of aromatic nitrogens is 1. The van der Waals surface area contributed by atoms with E-state index in [0.717, 1.165) is 22.8 Å². The maximum atomic E-state index is 11.0. The van der Waals surface area contributed by atoms with E-state index in [2.05, 4.69) is 4.98 Å². The summed E-state index contributed by atoms with van der Waals surface area (Å²) in [5.74, 6) is 1.06. The van der Waals surface area contributed by atoms with Crippen molar-refractivity contribution >= 4 is 5.91 Å². The largest absolute Gasteiger partial charge is 0.457 e. The summed E-state index contributed by atoms with van der Waals surface area (Å²) < 4.78 is 5.74. The molecule has 0 bridgehead atoms. The van der Waals surface area contributed by atoms with Crippen LogP contribution in [0.4, 0.5) is 0 Å². The van der Waals surface area contributed by atoms with E-state index in [0.29, 0.717) is 5.56 Å². The van der Waals surface area contributed by atoms with Crippen LogP contribution in [0.5, 0.6) is 11.5 Å². The van der Waals surface area contributed by atoms with Crippen molar-refractivity contribution in [2.45, 2.75) is 0 Å². The Labute approximate surface area is 128 Å². The van der Waals surface area contributed by atoms with Gasteiger partial charge in [0.2, 0.25) is 5.91 Å². The van der Waals surface area contributed by atoms with Gasteiger partial charge in [-0.15, -0.1) is 0 Å². The van der Waals surface area contributed by atoms with Crippen molar-refractivity contribution in [3.63, 3.8) is 0 Å². The lowest BCUT2D eigenvalue weighted by Crippen LogP contribution is -2.10. The van der Waals surface area contributed by atoms with Gasteiger partial charge in [0.25, 0.3) is 0 Å². The average molecular weight is 290 g/mol. The van der Waals surface area contributed by atoms with Gasteiger partial charge in [0, 0.05) is 11.8 Å². The molecular weight excluding hydrogens is 276 g/mol. The van der Waals surface area contributed by atoms with E-state index in [9.17, 15) is 4.79 Å². The first-order valence-electron chi connectivity index (χ1n) is 6.81. The first-order valence-corrected chi connectivity index (χ1v) is 6.81. The molecule has 0 atom stereocenters. The van der Waals surface area contributed by atoms with E-state index in [-0.39, 0.29) is 0 Å². The van der Waals surface area contributed by atoms with Crippen molar-refractivity contribution in [1.29, 1.82) is 0 Å². The molecule has 0 aliphatic heterocycles. The molecule has 108 valence electrons. The van der Waals surface area contributed by atoms with Gasteiger partial charge in [0.05, 0.1) is 11.3 Å². The molecule has 0 unspecified atom stereocenters. The molecule has 0 fully saturated rings. The maximum Gasteiger partial charge on any atom is 0.250 e. The number of carbonyl (C=O) groups is 1. The highest BCUT2D eigenvalue weighted by atomic mass is 16.5. The van der Waals surface area contributed by atoms with Gasteiger partial charge in [-0.25, -0.2) is 0 Å². The van der Waals surface area contributed by atoms with Crippen LogP contribution in [0.3, 0.4) is 0 Å². The Morgan fingerprint density at radius 2 is 1.55 bits per heavy atom. The van der Waals surface area contributed by atoms with Crippen molar-refractivity contribution < 1.29 is 9.53 Å². The third-order valence-electron chi connectivity index (χ3n) is 3.18. The first kappa shape index (κ1) is 13.8. The Bertz CT molecular complexity index is 766. The highest BCUT2D eigenvalue weighted by Crippen LogP contribution is 2.24. The van der Waals surface area contributed by atoms with Crippen LogP contribution in [-0.4, -0.2) is 10.9 Å². The second-order valence-electron chi connectivity index (χ2n) is 4.74. The fourth-order valence-electron chi connectivity index (χ4n) is 2.03. The van der Waals surface area contributed by atoms with Crippen LogP contribution in [-0.2, 0) is 0 Å². The summed E-state index contributed by atoms with van der Waals surface area (Å²) in [5.41, 5.74) is 7.31. The van der Waals surface area contributed by atoms with Crippen LogP contribution in [0.15, 0.2) is 72.9 Å². The fraction of sp³-hybridized carbons (Fsp3) is 0. The average Bonchev–Trinajstić information content (AvgIpc) is 2.57. The Kier molecular flexibility index (Phi) is 3.83. The molecule has 4 heteroatoms. The minimum atomic E-state index is -0.481. The number of amides is 1. The fourth-order valence-corrected chi connectivity index (χ4v) is 2.03. The van der Waals surface area contributed by atoms with E-state index < -0.39 is 5.91 Å². The zero-order valence-corrected chi connectivity index (χ0v) is 11.8. The molecule has 4 nitrogen and oxygen atoms in total. The number of primary amides is 1. The summed E-state index contributed by atoms with van der Waals surface area (Å²) in [5, 5.41) is 0. The third kappa shape index (κ3) is 3.12. The van der Waals surface area contributed by atoms with Crippen molar-refractivity contribution in [3.05, 3.63) is 78.5 Å². The lowest BCUT2D eigenvalue weighted by Gasteiger charge is -2.06. The van der Waals surface area contributed by atoms with Gasteiger partial charge >= 0.3 is 0 Å². The quantitative estimate of drug-likeness (QED) is 0.797. The zero-order chi connectivity index (χ0) is 15.4. The summed E-state index contributed by atoms with van der Waals surface area (Å²) in [4.78, 5) is 15.3. The molecule has 3 aromatic rings. The van der Waals surface area contributed by atoms with Gasteiger partial charge in [0.15, 0.2) is 0 Å². The van der Waals surface area contributed by atoms with Gasteiger partial charge in [-0.3, -0.25) is 9.78 Å². The van der Waals surface area contributed by atoms with Crippen LogP contribution < -0.4 is 10.5 Å². The molecular formula is C18H14N2O2. The monoisotopic (exact) mass is 290 g/mol. The zero-order valence-electron chi connectivity index (χ0n) is 11.8. The van der Waals surface area contributed by atoms with Gasteiger partial charge in [-0.1, -0.05) is 18.2 Å². The molecule has 0 saturated carbocycles. The van der Waals surface area contributed by atoms with E-state index in [1.807, 2.05) is 54.6 Å². The molecule has 1 heterocycles. The summed E-state index contributed by atoms with van der Waals surface area (Å²) in [6, 6.07) is 20.6. The molecule has 2 N–H and O–H groups in total. The predicted octanol–water partition coefficient (Wildman–Crippen LogP) is 3.64. The normalized spacial score (nSPS) is 10.2. The number of nitrogens with two attached hydrogens (primary N) is 1. The van der Waals surface area contributed by atoms with Crippen LogP contribution in [0.1, 0.15) is 10.4 Å². The van der Waals surface area contributed by atoms with E-state index in [1.54, 1.807) is 12.1 Å². The Hall–Kier alpha value is -3.14. The molecule has 0 spiro atoms. The number of benzene rings is 2. The molecule has 0 radical (unpaired) electrons. The molecule has 1 amide bonds. The summed E-state index contributed by atoms with van der Waals surface area (Å²) in [7, 11) is 0. The highest BCUT2D eigenvalue weighted by Gasteiger charge is 2.04. The molecule has 0 aliphatic rings. The predicted molar refractivity (Wildman–Crippen MR) is 84.7 cm³/mol. The number of ether oxygens (including phenoxy) is 1. The second-order valence-corrected chi connectivity index (χ2v) is 4.74. The summed E-state index contributed by atoms with van der Waals surface area (Å²) in [6.45, 7) is 0. The second kappa shape index (κ2) is 6.10. The number of carbonyl (C=O) groups excluding carboxylic acids is 1. The van der Waals surface area contributed by atoms with Gasteiger partial charge in [-0.05, 0) is 48.5 Å². The Morgan fingerprint density at radius 3 is 2.14 bits per heavy atom. The standard InChI is InChI=1S/C18H14N2O2/c19-18(21)14-8-11-17(20-12-14)13-6-9-16(10-7-13)22-15-4-2-1-3-5-15/h1-12H,(H2,19,21). The minimum Gasteiger partial charge on any atom is -0.457 e.